The Morgan fingerprint density at radius 3 is 2.50 bits per heavy atom. The summed E-state index contributed by atoms with van der Waals surface area (Å²) in [6, 6.07) is 4.60. The van der Waals surface area contributed by atoms with Gasteiger partial charge in [0.1, 0.15) is 6.04 Å². The molecule has 1 aromatic carbocycles. The van der Waals surface area contributed by atoms with Crippen molar-refractivity contribution in [1.29, 1.82) is 0 Å². The first kappa shape index (κ1) is 15.8. The van der Waals surface area contributed by atoms with Crippen LogP contribution in [0.25, 0.3) is 0 Å². The van der Waals surface area contributed by atoms with Crippen molar-refractivity contribution in [3.63, 3.8) is 0 Å². The summed E-state index contributed by atoms with van der Waals surface area (Å²) in [7, 11) is 3.39. The summed E-state index contributed by atoms with van der Waals surface area (Å²) in [6.45, 7) is 4.18. The molecule has 0 bridgehead atoms. The van der Waals surface area contributed by atoms with Crippen molar-refractivity contribution in [2.24, 2.45) is 0 Å². The van der Waals surface area contributed by atoms with Crippen LogP contribution < -0.4 is 16.4 Å². The predicted octanol–water partition coefficient (Wildman–Crippen LogP) is 0.907. The number of nitrogen functional groups attached to an aromatic ring is 1. The van der Waals surface area contributed by atoms with Gasteiger partial charge in [0.05, 0.1) is 11.4 Å². The standard InChI is InChI=1S/C14H22N4O2/c1-5-16-13(19)10-6-7-12(11(15)8-10)17-9(2)14(20)18(3)4/h6-9,17H,5,15H2,1-4H3,(H,16,19). The van der Waals surface area contributed by atoms with Crippen molar-refractivity contribution in [3.05, 3.63) is 23.8 Å². The number of nitrogens with zero attached hydrogens (tertiary/aromatic N) is 1. The quantitative estimate of drug-likeness (QED) is 0.699. The lowest BCUT2D eigenvalue weighted by atomic mass is 10.1. The molecule has 1 unspecified atom stereocenters. The summed E-state index contributed by atoms with van der Waals surface area (Å²) in [5.41, 5.74) is 7.49. The molecule has 0 saturated carbocycles. The lowest BCUT2D eigenvalue weighted by Gasteiger charge is -2.20. The SMILES string of the molecule is CCNC(=O)c1ccc(NC(C)C(=O)N(C)C)c(N)c1. The minimum absolute atomic E-state index is 0.0443. The Labute approximate surface area is 119 Å². The molecule has 0 aliphatic heterocycles. The molecule has 6 heteroatoms. The highest BCUT2D eigenvalue weighted by Crippen LogP contribution is 2.21. The van der Waals surface area contributed by atoms with Gasteiger partial charge in [0.2, 0.25) is 5.91 Å². The summed E-state index contributed by atoms with van der Waals surface area (Å²) in [6.07, 6.45) is 0. The van der Waals surface area contributed by atoms with E-state index >= 15 is 0 Å². The van der Waals surface area contributed by atoms with E-state index in [1.54, 1.807) is 39.2 Å². The van der Waals surface area contributed by atoms with E-state index in [4.69, 9.17) is 5.73 Å². The largest absolute Gasteiger partial charge is 0.397 e. The van der Waals surface area contributed by atoms with E-state index in [0.717, 1.165) is 0 Å². The average Bonchev–Trinajstić information content (AvgIpc) is 2.40. The first-order valence-electron chi connectivity index (χ1n) is 6.52. The molecule has 4 N–H and O–H groups in total. The molecule has 6 nitrogen and oxygen atoms in total. The maximum Gasteiger partial charge on any atom is 0.251 e. The number of benzene rings is 1. The fraction of sp³-hybridized carbons (Fsp3) is 0.429. The fourth-order valence-corrected chi connectivity index (χ4v) is 1.78. The smallest absolute Gasteiger partial charge is 0.251 e. The normalized spacial score (nSPS) is 11.6. The van der Waals surface area contributed by atoms with Crippen LogP contribution in [0.5, 0.6) is 0 Å². The number of anilines is 2. The molecule has 20 heavy (non-hydrogen) atoms. The van der Waals surface area contributed by atoms with E-state index in [1.165, 1.54) is 4.90 Å². The topological polar surface area (TPSA) is 87.5 Å². The third-order valence-corrected chi connectivity index (χ3v) is 2.83. The highest BCUT2D eigenvalue weighted by molar-refractivity contribution is 5.96. The second-order valence-electron chi connectivity index (χ2n) is 4.76. The van der Waals surface area contributed by atoms with Crippen LogP contribution in [0.2, 0.25) is 0 Å². The number of hydrogen-bond donors (Lipinski definition) is 3. The third kappa shape index (κ3) is 3.88. The van der Waals surface area contributed by atoms with Crippen LogP contribution in [0.15, 0.2) is 18.2 Å². The fourth-order valence-electron chi connectivity index (χ4n) is 1.78. The number of hydrogen-bond acceptors (Lipinski definition) is 4. The van der Waals surface area contributed by atoms with Crippen LogP contribution in [0, 0.1) is 0 Å². The van der Waals surface area contributed by atoms with Gasteiger partial charge in [-0.05, 0) is 32.0 Å². The Kier molecular flexibility index (Phi) is 5.37. The molecule has 0 radical (unpaired) electrons. The zero-order valence-electron chi connectivity index (χ0n) is 12.4. The molecule has 0 aromatic heterocycles. The monoisotopic (exact) mass is 278 g/mol. The van der Waals surface area contributed by atoms with E-state index in [2.05, 4.69) is 10.6 Å². The molecule has 0 aliphatic rings. The molecule has 0 aliphatic carbocycles. The van der Waals surface area contributed by atoms with Gasteiger partial charge in [-0.25, -0.2) is 0 Å². The summed E-state index contributed by atoms with van der Waals surface area (Å²) in [4.78, 5) is 25.0. The Bertz CT molecular complexity index is 500. The Hall–Kier alpha value is -2.24. The van der Waals surface area contributed by atoms with Crippen LogP contribution in [-0.2, 0) is 4.79 Å². The molecule has 0 fully saturated rings. The number of carbonyl (C=O) groups excluding carboxylic acids is 2. The Balaban J connectivity index is 2.83. The van der Waals surface area contributed by atoms with E-state index in [0.29, 0.717) is 23.5 Å². The first-order valence-corrected chi connectivity index (χ1v) is 6.52. The van der Waals surface area contributed by atoms with Gasteiger partial charge >= 0.3 is 0 Å². The van der Waals surface area contributed by atoms with Crippen molar-refractivity contribution < 1.29 is 9.59 Å². The number of carbonyl (C=O) groups is 2. The lowest BCUT2D eigenvalue weighted by molar-refractivity contribution is -0.129. The molecule has 1 atom stereocenters. The number of nitrogens with two attached hydrogens (primary N) is 1. The number of amides is 2. The average molecular weight is 278 g/mol. The second-order valence-corrected chi connectivity index (χ2v) is 4.76. The second kappa shape index (κ2) is 6.79. The Morgan fingerprint density at radius 1 is 1.35 bits per heavy atom. The molecule has 0 heterocycles. The van der Waals surface area contributed by atoms with Gasteiger partial charge in [-0.2, -0.15) is 0 Å². The highest BCUT2D eigenvalue weighted by atomic mass is 16.2. The molecule has 0 saturated heterocycles. The van der Waals surface area contributed by atoms with Gasteiger partial charge in [-0.15, -0.1) is 0 Å². The minimum atomic E-state index is -0.386. The summed E-state index contributed by atoms with van der Waals surface area (Å²) in [5.74, 6) is -0.208. The summed E-state index contributed by atoms with van der Waals surface area (Å²) in [5, 5.41) is 5.75. The highest BCUT2D eigenvalue weighted by Gasteiger charge is 2.16. The van der Waals surface area contributed by atoms with Crippen LogP contribution in [0.3, 0.4) is 0 Å². The maximum absolute atomic E-state index is 11.8. The van der Waals surface area contributed by atoms with Gasteiger partial charge in [0.25, 0.3) is 5.91 Å². The number of nitrogens with one attached hydrogen (secondary N) is 2. The van der Waals surface area contributed by atoms with Crippen molar-refractivity contribution in [3.8, 4) is 0 Å². The van der Waals surface area contributed by atoms with Crippen LogP contribution in [0.1, 0.15) is 24.2 Å². The van der Waals surface area contributed by atoms with Gasteiger partial charge in [0, 0.05) is 26.2 Å². The van der Waals surface area contributed by atoms with Crippen LogP contribution in [-0.4, -0.2) is 43.4 Å². The molecule has 1 rings (SSSR count). The van der Waals surface area contributed by atoms with E-state index in [-0.39, 0.29) is 17.9 Å². The number of rotatable bonds is 5. The van der Waals surface area contributed by atoms with Gasteiger partial charge in [0.15, 0.2) is 0 Å². The van der Waals surface area contributed by atoms with Crippen LogP contribution in [0.4, 0.5) is 11.4 Å². The summed E-state index contributed by atoms with van der Waals surface area (Å²) >= 11 is 0. The number of likely N-dealkylation sites (N-methyl/N-ethyl adjacent to an activating group) is 1. The summed E-state index contributed by atoms with van der Waals surface area (Å²) < 4.78 is 0. The first-order chi connectivity index (χ1) is 9.36. The van der Waals surface area contributed by atoms with E-state index in [1.807, 2.05) is 6.92 Å². The molecule has 0 spiro atoms. The predicted molar refractivity (Wildman–Crippen MR) is 80.6 cm³/mol. The van der Waals surface area contributed by atoms with Crippen molar-refractivity contribution >= 4 is 23.2 Å². The van der Waals surface area contributed by atoms with E-state index in [9.17, 15) is 9.59 Å². The molecule has 110 valence electrons. The molecule has 1 aromatic rings. The minimum Gasteiger partial charge on any atom is -0.397 e. The third-order valence-electron chi connectivity index (χ3n) is 2.83. The molecular weight excluding hydrogens is 256 g/mol. The van der Waals surface area contributed by atoms with Crippen molar-refractivity contribution in [1.82, 2.24) is 10.2 Å². The van der Waals surface area contributed by atoms with Crippen molar-refractivity contribution in [2.45, 2.75) is 19.9 Å². The van der Waals surface area contributed by atoms with Gasteiger partial charge in [-0.1, -0.05) is 0 Å². The molecular formula is C14H22N4O2. The maximum atomic E-state index is 11.8. The van der Waals surface area contributed by atoms with Gasteiger partial charge in [-0.3, -0.25) is 9.59 Å². The van der Waals surface area contributed by atoms with Crippen LogP contribution >= 0.6 is 0 Å². The molecule has 2 amide bonds. The van der Waals surface area contributed by atoms with Crippen molar-refractivity contribution in [2.75, 3.05) is 31.7 Å². The lowest BCUT2D eigenvalue weighted by Crippen LogP contribution is -2.36. The van der Waals surface area contributed by atoms with Gasteiger partial charge < -0.3 is 21.3 Å². The zero-order valence-corrected chi connectivity index (χ0v) is 12.4. The zero-order chi connectivity index (χ0) is 15.3. The van der Waals surface area contributed by atoms with E-state index < -0.39 is 0 Å². The Morgan fingerprint density at radius 2 is 2.00 bits per heavy atom.